The lowest BCUT2D eigenvalue weighted by Gasteiger charge is -2.16. The number of esters is 2. The lowest BCUT2D eigenvalue weighted by molar-refractivity contribution is -0.144. The number of carbonyl (C=O) groups excluding carboxylic acids is 2. The Kier molecular flexibility index (Phi) is 8.61. The molecule has 0 amide bonds. The van der Waals surface area contributed by atoms with Gasteiger partial charge in [0.25, 0.3) is 0 Å². The number of methoxy groups -OCH3 is 2. The van der Waals surface area contributed by atoms with Crippen molar-refractivity contribution in [2.45, 2.75) is 43.5 Å². The van der Waals surface area contributed by atoms with Gasteiger partial charge in [-0.25, -0.2) is 8.42 Å². The highest BCUT2D eigenvalue weighted by molar-refractivity contribution is 7.89. The molecule has 8 nitrogen and oxygen atoms in total. The number of carbonyl (C=O) groups is 2. The van der Waals surface area contributed by atoms with Crippen LogP contribution in [0.5, 0.6) is 5.75 Å². The molecule has 0 aromatic heterocycles. The van der Waals surface area contributed by atoms with E-state index in [0.29, 0.717) is 12.0 Å². The maximum atomic E-state index is 12.8. The smallest absolute Gasteiger partial charge is 0.323 e. The largest absolute Gasteiger partial charge is 0.494 e. The Morgan fingerprint density at radius 1 is 1.03 bits per heavy atom. The molecule has 0 radical (unpaired) electrons. The first-order valence-corrected chi connectivity index (χ1v) is 11.1. The van der Waals surface area contributed by atoms with E-state index in [2.05, 4.69) is 21.1 Å². The molecule has 0 saturated carbocycles. The number of benzene rings is 2. The average Bonchev–Trinajstić information content (AvgIpc) is 2.75. The number of unbranched alkanes of at least 4 members (excludes halogenated alkanes) is 1. The third-order valence-corrected chi connectivity index (χ3v) is 5.98. The van der Waals surface area contributed by atoms with Gasteiger partial charge in [-0.1, -0.05) is 25.5 Å². The van der Waals surface area contributed by atoms with Crippen molar-refractivity contribution in [1.82, 2.24) is 4.72 Å². The quantitative estimate of drug-likeness (QED) is 0.425. The van der Waals surface area contributed by atoms with Crippen LogP contribution in [0, 0.1) is 0 Å². The Bertz CT molecular complexity index is 988. The normalized spacial score (nSPS) is 12.4. The monoisotopic (exact) mass is 437 g/mol. The Balaban J connectivity index is 2.21. The van der Waals surface area contributed by atoms with Gasteiger partial charge in [0, 0.05) is 6.42 Å². The molecule has 0 aliphatic heterocycles. The van der Waals surface area contributed by atoms with E-state index in [-0.39, 0.29) is 17.7 Å². The zero-order valence-electron chi connectivity index (χ0n) is 17.3. The second kappa shape index (κ2) is 10.9. The summed E-state index contributed by atoms with van der Waals surface area (Å²) in [5.41, 5.74) is 0. The number of nitrogens with one attached hydrogen (secondary N) is 1. The predicted octanol–water partition coefficient (Wildman–Crippen LogP) is 2.79. The van der Waals surface area contributed by atoms with Crippen molar-refractivity contribution in [3.63, 3.8) is 0 Å². The molecule has 1 atom stereocenters. The maximum Gasteiger partial charge on any atom is 0.323 e. The minimum Gasteiger partial charge on any atom is -0.494 e. The third kappa shape index (κ3) is 6.43. The van der Waals surface area contributed by atoms with Gasteiger partial charge >= 0.3 is 11.9 Å². The highest BCUT2D eigenvalue weighted by Crippen LogP contribution is 2.24. The molecule has 0 fully saturated rings. The first-order chi connectivity index (χ1) is 14.3. The van der Waals surface area contributed by atoms with Crippen molar-refractivity contribution < 1.29 is 32.2 Å². The van der Waals surface area contributed by atoms with E-state index in [1.165, 1.54) is 19.2 Å². The molecule has 164 valence electrons. The van der Waals surface area contributed by atoms with Crippen LogP contribution in [0.15, 0.2) is 41.3 Å². The van der Waals surface area contributed by atoms with Gasteiger partial charge < -0.3 is 14.2 Å². The molecule has 0 saturated heterocycles. The molecule has 2 rings (SSSR count). The van der Waals surface area contributed by atoms with Crippen LogP contribution in [0.1, 0.15) is 32.6 Å². The maximum absolute atomic E-state index is 12.8. The zero-order valence-corrected chi connectivity index (χ0v) is 18.2. The van der Waals surface area contributed by atoms with Crippen LogP contribution >= 0.6 is 0 Å². The number of hydrogen-bond acceptors (Lipinski definition) is 7. The fraction of sp³-hybridized carbons (Fsp3) is 0.429. The highest BCUT2D eigenvalue weighted by atomic mass is 32.2. The third-order valence-electron chi connectivity index (χ3n) is 4.51. The number of sulfonamides is 1. The second-order valence-electron chi connectivity index (χ2n) is 6.68. The van der Waals surface area contributed by atoms with Crippen LogP contribution in [0.25, 0.3) is 10.8 Å². The van der Waals surface area contributed by atoms with Gasteiger partial charge in [-0.3, -0.25) is 9.59 Å². The van der Waals surface area contributed by atoms with Crippen LogP contribution in [0.4, 0.5) is 0 Å². The zero-order chi connectivity index (χ0) is 22.1. The summed E-state index contributed by atoms with van der Waals surface area (Å²) in [5, 5.41) is 1.54. The van der Waals surface area contributed by atoms with Gasteiger partial charge in [-0.2, -0.15) is 4.72 Å². The number of fused-ring (bicyclic) bond motifs is 1. The van der Waals surface area contributed by atoms with E-state index < -0.39 is 28.0 Å². The van der Waals surface area contributed by atoms with E-state index in [0.717, 1.165) is 31.1 Å². The fourth-order valence-electron chi connectivity index (χ4n) is 2.78. The summed E-state index contributed by atoms with van der Waals surface area (Å²) in [6.07, 6.45) is 1.79. The highest BCUT2D eigenvalue weighted by Gasteiger charge is 2.27. The molecule has 0 aliphatic rings. The summed E-state index contributed by atoms with van der Waals surface area (Å²) in [5.74, 6) is -0.610. The van der Waals surface area contributed by atoms with Gasteiger partial charge in [0.1, 0.15) is 11.8 Å². The van der Waals surface area contributed by atoms with Crippen molar-refractivity contribution >= 4 is 32.7 Å². The van der Waals surface area contributed by atoms with Gasteiger partial charge in [-0.05, 0) is 47.9 Å². The number of hydrogen-bond donors (Lipinski definition) is 1. The molecular formula is C21H27NO7S. The Morgan fingerprint density at radius 2 is 1.73 bits per heavy atom. The Hall–Kier alpha value is -2.65. The summed E-state index contributed by atoms with van der Waals surface area (Å²) in [6.45, 7) is 2.71. The lowest BCUT2D eigenvalue weighted by atomic mass is 10.1. The van der Waals surface area contributed by atoms with E-state index in [4.69, 9.17) is 4.74 Å². The summed E-state index contributed by atoms with van der Waals surface area (Å²) in [4.78, 5) is 23.3. The Morgan fingerprint density at radius 3 is 2.40 bits per heavy atom. The topological polar surface area (TPSA) is 108 Å². The molecule has 2 aromatic carbocycles. The number of rotatable bonds is 11. The van der Waals surface area contributed by atoms with Gasteiger partial charge in [0.15, 0.2) is 0 Å². The van der Waals surface area contributed by atoms with E-state index in [1.54, 1.807) is 18.2 Å². The minimum atomic E-state index is -4.02. The van der Waals surface area contributed by atoms with E-state index >= 15 is 0 Å². The molecule has 0 unspecified atom stereocenters. The summed E-state index contributed by atoms with van der Waals surface area (Å²) >= 11 is 0. The first kappa shape index (κ1) is 23.6. The molecule has 1 N–H and O–H groups in total. The van der Waals surface area contributed by atoms with Crippen molar-refractivity contribution in [3.8, 4) is 5.75 Å². The standard InChI is InChI=1S/C21H27NO7S/c1-4-5-12-29-17-8-6-16-14-18(9-7-15(16)13-17)30(25,26)22-19(21(24)28-3)10-11-20(23)27-2/h6-9,13-14,19,22H,4-5,10-12H2,1-3H3/t19-/m1/s1. The molecule has 9 heteroatoms. The van der Waals surface area contributed by atoms with Crippen LogP contribution in [-0.2, 0) is 29.1 Å². The van der Waals surface area contributed by atoms with Crippen LogP contribution in [0.2, 0.25) is 0 Å². The second-order valence-corrected chi connectivity index (χ2v) is 8.40. The molecular weight excluding hydrogens is 410 g/mol. The first-order valence-electron chi connectivity index (χ1n) is 9.64. The SMILES string of the molecule is CCCCOc1ccc2cc(S(=O)(=O)N[C@H](CCC(=O)OC)C(=O)OC)ccc2c1. The molecule has 0 heterocycles. The van der Waals surface area contributed by atoms with Gasteiger partial charge in [-0.15, -0.1) is 0 Å². The average molecular weight is 438 g/mol. The van der Waals surface area contributed by atoms with Gasteiger partial charge in [0.05, 0.1) is 25.7 Å². The minimum absolute atomic E-state index is 0.00150. The predicted molar refractivity (Wildman–Crippen MR) is 112 cm³/mol. The van der Waals surface area contributed by atoms with Crippen LogP contribution in [-0.4, -0.2) is 47.2 Å². The van der Waals surface area contributed by atoms with Crippen molar-refractivity contribution in [1.29, 1.82) is 0 Å². The number of ether oxygens (including phenoxy) is 3. The van der Waals surface area contributed by atoms with Crippen molar-refractivity contribution in [2.24, 2.45) is 0 Å². The van der Waals surface area contributed by atoms with E-state index in [1.807, 2.05) is 6.07 Å². The van der Waals surface area contributed by atoms with Crippen molar-refractivity contribution in [3.05, 3.63) is 36.4 Å². The molecule has 30 heavy (non-hydrogen) atoms. The lowest BCUT2D eigenvalue weighted by Crippen LogP contribution is -2.41. The van der Waals surface area contributed by atoms with Crippen LogP contribution in [0.3, 0.4) is 0 Å². The summed E-state index contributed by atoms with van der Waals surface area (Å²) in [7, 11) is -1.65. The van der Waals surface area contributed by atoms with Crippen molar-refractivity contribution in [2.75, 3.05) is 20.8 Å². The fourth-order valence-corrected chi connectivity index (χ4v) is 4.03. The molecule has 0 spiro atoms. The summed E-state index contributed by atoms with van der Waals surface area (Å²) < 4.78 is 42.8. The molecule has 2 aromatic rings. The van der Waals surface area contributed by atoms with Crippen LogP contribution < -0.4 is 9.46 Å². The Labute approximate surface area is 176 Å². The molecule has 0 bridgehead atoms. The summed E-state index contributed by atoms with van der Waals surface area (Å²) in [6, 6.07) is 8.86. The van der Waals surface area contributed by atoms with Gasteiger partial charge in [0.2, 0.25) is 10.0 Å². The van der Waals surface area contributed by atoms with E-state index in [9.17, 15) is 18.0 Å². The molecule has 0 aliphatic carbocycles.